The van der Waals surface area contributed by atoms with Crippen molar-refractivity contribution in [1.82, 2.24) is 10.2 Å². The Morgan fingerprint density at radius 3 is 2.26 bits per heavy atom. The second-order valence-corrected chi connectivity index (χ2v) is 10.4. The zero-order valence-electron chi connectivity index (χ0n) is 18.7. The molecular weight excluding hydrogens is 451 g/mol. The summed E-state index contributed by atoms with van der Waals surface area (Å²) in [6, 6.07) is 12.7. The number of amides is 2. The third-order valence-corrected chi connectivity index (χ3v) is 6.45. The largest absolute Gasteiger partial charge is 0.350 e. The molecule has 2 aromatic rings. The van der Waals surface area contributed by atoms with Gasteiger partial charge >= 0.3 is 0 Å². The van der Waals surface area contributed by atoms with Gasteiger partial charge < -0.3 is 10.2 Å². The molecule has 0 unspecified atom stereocenters. The maximum absolute atomic E-state index is 13.2. The van der Waals surface area contributed by atoms with E-state index in [1.54, 1.807) is 30.0 Å². The minimum Gasteiger partial charge on any atom is -0.350 e. The van der Waals surface area contributed by atoms with Crippen LogP contribution in [0.15, 0.2) is 42.5 Å². The molecule has 0 aliphatic rings. The van der Waals surface area contributed by atoms with Gasteiger partial charge in [-0.25, -0.2) is 0 Å². The van der Waals surface area contributed by atoms with Crippen molar-refractivity contribution in [3.8, 4) is 0 Å². The molecule has 31 heavy (non-hydrogen) atoms. The first kappa shape index (κ1) is 25.6. The normalized spacial score (nSPS) is 12.4. The standard InChI is InChI=1S/C24H30Cl2N2O2S/c1-16-9-6-7-10-18(16)13-28(17(2)23(30)27-24(3,4)5)22(29)15-31-14-19-20(25)11-8-12-21(19)26/h6-12,17H,13-15H2,1-5H3,(H,27,30)/t17-/m1/s1. The fourth-order valence-corrected chi connectivity index (χ4v) is 4.67. The molecule has 4 nitrogen and oxygen atoms in total. The number of carbonyl (C=O) groups excluding carboxylic acids is 2. The van der Waals surface area contributed by atoms with Gasteiger partial charge in [-0.05, 0) is 63.4 Å². The summed E-state index contributed by atoms with van der Waals surface area (Å²) in [4.78, 5) is 27.7. The minimum absolute atomic E-state index is 0.104. The van der Waals surface area contributed by atoms with Crippen molar-refractivity contribution in [1.29, 1.82) is 0 Å². The number of nitrogens with one attached hydrogen (secondary N) is 1. The van der Waals surface area contributed by atoms with Crippen LogP contribution in [0.5, 0.6) is 0 Å². The van der Waals surface area contributed by atoms with Crippen molar-refractivity contribution in [3.05, 3.63) is 69.2 Å². The molecule has 2 amide bonds. The first-order chi connectivity index (χ1) is 14.5. The quantitative estimate of drug-likeness (QED) is 0.513. The Kier molecular flexibility index (Phi) is 9.28. The summed E-state index contributed by atoms with van der Waals surface area (Å²) in [7, 11) is 0. The van der Waals surface area contributed by atoms with E-state index in [0.29, 0.717) is 22.3 Å². The Morgan fingerprint density at radius 2 is 1.68 bits per heavy atom. The van der Waals surface area contributed by atoms with Crippen molar-refractivity contribution in [2.45, 2.75) is 58.5 Å². The molecule has 7 heteroatoms. The molecule has 0 aromatic heterocycles. The van der Waals surface area contributed by atoms with Crippen molar-refractivity contribution in [2.24, 2.45) is 0 Å². The average molecular weight is 481 g/mol. The van der Waals surface area contributed by atoms with Crippen LogP contribution in [0.2, 0.25) is 10.0 Å². The Hall–Kier alpha value is -1.69. The zero-order valence-corrected chi connectivity index (χ0v) is 21.0. The van der Waals surface area contributed by atoms with Crippen molar-refractivity contribution in [2.75, 3.05) is 5.75 Å². The molecule has 2 rings (SSSR count). The lowest BCUT2D eigenvalue weighted by atomic mass is 10.1. The highest BCUT2D eigenvalue weighted by molar-refractivity contribution is 7.99. The SMILES string of the molecule is Cc1ccccc1CN(C(=O)CSCc1c(Cl)cccc1Cl)[C@H](C)C(=O)NC(C)(C)C. The Labute approximate surface area is 199 Å². The van der Waals surface area contributed by atoms with Gasteiger partial charge in [0.1, 0.15) is 6.04 Å². The summed E-state index contributed by atoms with van der Waals surface area (Å²) in [5, 5.41) is 4.15. The molecule has 0 aliphatic carbocycles. The maximum Gasteiger partial charge on any atom is 0.242 e. The topological polar surface area (TPSA) is 49.4 Å². The van der Waals surface area contributed by atoms with E-state index in [4.69, 9.17) is 23.2 Å². The molecule has 0 spiro atoms. The van der Waals surface area contributed by atoms with Crippen molar-refractivity contribution >= 4 is 46.8 Å². The van der Waals surface area contributed by atoms with E-state index >= 15 is 0 Å². The van der Waals surface area contributed by atoms with Crippen LogP contribution in [0.3, 0.4) is 0 Å². The highest BCUT2D eigenvalue weighted by Gasteiger charge is 2.28. The number of rotatable bonds is 8. The number of hydrogen-bond donors (Lipinski definition) is 1. The van der Waals surface area contributed by atoms with E-state index in [9.17, 15) is 9.59 Å². The molecular formula is C24H30Cl2N2O2S. The lowest BCUT2D eigenvalue weighted by molar-refractivity contribution is -0.139. The predicted molar refractivity (Wildman–Crippen MR) is 132 cm³/mol. The Morgan fingerprint density at radius 1 is 1.06 bits per heavy atom. The molecule has 0 aliphatic heterocycles. The van der Waals surface area contributed by atoms with E-state index in [1.807, 2.05) is 52.0 Å². The summed E-state index contributed by atoms with van der Waals surface area (Å²) in [5.41, 5.74) is 2.54. The van der Waals surface area contributed by atoms with Crippen LogP contribution in [0, 0.1) is 6.92 Å². The monoisotopic (exact) mass is 480 g/mol. The summed E-state index contributed by atoms with van der Waals surface area (Å²) in [6.45, 7) is 9.92. The first-order valence-electron chi connectivity index (χ1n) is 10.2. The van der Waals surface area contributed by atoms with Crippen LogP contribution in [-0.4, -0.2) is 34.0 Å². The molecule has 2 aromatic carbocycles. The fraction of sp³-hybridized carbons (Fsp3) is 0.417. The zero-order chi connectivity index (χ0) is 23.2. The minimum atomic E-state index is -0.601. The average Bonchev–Trinajstić information content (AvgIpc) is 2.67. The highest BCUT2D eigenvalue weighted by Crippen LogP contribution is 2.28. The number of thioether (sulfide) groups is 1. The number of aryl methyl sites for hydroxylation is 1. The number of halogens is 2. The van der Waals surface area contributed by atoms with Gasteiger partial charge in [-0.15, -0.1) is 11.8 Å². The van der Waals surface area contributed by atoms with E-state index in [0.717, 1.165) is 16.7 Å². The first-order valence-corrected chi connectivity index (χ1v) is 12.1. The summed E-state index contributed by atoms with van der Waals surface area (Å²) >= 11 is 13.9. The number of benzene rings is 2. The van der Waals surface area contributed by atoms with Crippen LogP contribution in [0.25, 0.3) is 0 Å². The van der Waals surface area contributed by atoms with Gasteiger partial charge in [-0.1, -0.05) is 53.5 Å². The summed E-state index contributed by atoms with van der Waals surface area (Å²) in [6.07, 6.45) is 0. The maximum atomic E-state index is 13.2. The second-order valence-electron chi connectivity index (χ2n) is 8.56. The molecule has 0 heterocycles. The van der Waals surface area contributed by atoms with Gasteiger partial charge in [0.15, 0.2) is 0 Å². The van der Waals surface area contributed by atoms with Crippen molar-refractivity contribution < 1.29 is 9.59 Å². The number of carbonyl (C=O) groups is 2. The van der Waals surface area contributed by atoms with Gasteiger partial charge in [0, 0.05) is 27.9 Å². The molecule has 0 saturated carbocycles. The predicted octanol–water partition coefficient (Wildman–Crippen LogP) is 5.87. The summed E-state index contributed by atoms with van der Waals surface area (Å²) in [5.74, 6) is 0.465. The number of nitrogens with zero attached hydrogens (tertiary/aromatic N) is 1. The van der Waals surface area contributed by atoms with E-state index in [1.165, 1.54) is 11.8 Å². The molecule has 0 saturated heterocycles. The van der Waals surface area contributed by atoms with E-state index < -0.39 is 6.04 Å². The van der Waals surface area contributed by atoms with Gasteiger partial charge in [0.05, 0.1) is 5.75 Å². The highest BCUT2D eigenvalue weighted by atomic mass is 35.5. The van der Waals surface area contributed by atoms with Gasteiger partial charge in [0.2, 0.25) is 11.8 Å². The third kappa shape index (κ3) is 7.74. The fourth-order valence-electron chi connectivity index (χ4n) is 3.02. The lowest BCUT2D eigenvalue weighted by Crippen LogP contribution is -2.52. The smallest absolute Gasteiger partial charge is 0.242 e. The molecule has 1 N–H and O–H groups in total. The van der Waals surface area contributed by atoms with Crippen LogP contribution in [0.1, 0.15) is 44.4 Å². The number of hydrogen-bond acceptors (Lipinski definition) is 3. The van der Waals surface area contributed by atoms with Gasteiger partial charge in [0.25, 0.3) is 0 Å². The lowest BCUT2D eigenvalue weighted by Gasteiger charge is -2.31. The second kappa shape index (κ2) is 11.3. The Bertz CT molecular complexity index is 908. The van der Waals surface area contributed by atoms with E-state index in [2.05, 4.69) is 5.32 Å². The van der Waals surface area contributed by atoms with E-state index in [-0.39, 0.29) is 23.1 Å². The van der Waals surface area contributed by atoms with Crippen LogP contribution in [-0.2, 0) is 21.9 Å². The molecule has 0 bridgehead atoms. The van der Waals surface area contributed by atoms with Crippen LogP contribution < -0.4 is 5.32 Å². The van der Waals surface area contributed by atoms with Gasteiger partial charge in [-0.2, -0.15) is 0 Å². The van der Waals surface area contributed by atoms with Crippen molar-refractivity contribution in [3.63, 3.8) is 0 Å². The third-order valence-electron chi connectivity index (χ3n) is 4.80. The molecule has 168 valence electrons. The van der Waals surface area contributed by atoms with Gasteiger partial charge in [-0.3, -0.25) is 9.59 Å². The molecule has 0 radical (unpaired) electrons. The molecule has 0 fully saturated rings. The molecule has 1 atom stereocenters. The summed E-state index contributed by atoms with van der Waals surface area (Å²) < 4.78 is 0. The van der Waals surface area contributed by atoms with Crippen LogP contribution in [0.4, 0.5) is 0 Å². The Balaban J connectivity index is 2.15. The van der Waals surface area contributed by atoms with Crippen LogP contribution >= 0.6 is 35.0 Å².